The minimum Gasteiger partial charge on any atom is -0.497 e. The summed E-state index contributed by atoms with van der Waals surface area (Å²) in [6.45, 7) is 6.55. The fourth-order valence-electron chi connectivity index (χ4n) is 3.33. The molecule has 0 bridgehead atoms. The normalized spacial score (nSPS) is 10.9. The van der Waals surface area contributed by atoms with Crippen LogP contribution in [0.3, 0.4) is 0 Å². The van der Waals surface area contributed by atoms with Gasteiger partial charge in [-0.1, -0.05) is 38.1 Å². The summed E-state index contributed by atoms with van der Waals surface area (Å²) in [5, 5.41) is 7.35. The van der Waals surface area contributed by atoms with Crippen molar-refractivity contribution in [3.8, 4) is 17.2 Å². The number of carbonyl (C=O) groups is 1. The van der Waals surface area contributed by atoms with Crippen LogP contribution in [0.1, 0.15) is 47.3 Å². The molecule has 0 aliphatic carbocycles. The number of amides is 1. The molecule has 0 saturated heterocycles. The fraction of sp³-hybridized carbons (Fsp3) is 0.348. The van der Waals surface area contributed by atoms with E-state index >= 15 is 0 Å². The zero-order chi connectivity index (χ0) is 21.7. The van der Waals surface area contributed by atoms with Crippen LogP contribution in [0.4, 0.5) is 0 Å². The van der Waals surface area contributed by atoms with E-state index in [4.69, 9.17) is 9.47 Å². The van der Waals surface area contributed by atoms with E-state index in [0.29, 0.717) is 24.7 Å². The van der Waals surface area contributed by atoms with Gasteiger partial charge in [-0.25, -0.2) is 9.67 Å². The lowest BCUT2D eigenvalue weighted by Crippen LogP contribution is -2.27. The Kier molecular flexibility index (Phi) is 6.72. The lowest BCUT2D eigenvalue weighted by Gasteiger charge is -2.12. The second-order valence-electron chi connectivity index (χ2n) is 7.29. The Morgan fingerprint density at radius 3 is 2.60 bits per heavy atom. The van der Waals surface area contributed by atoms with Crippen LogP contribution in [0.25, 0.3) is 5.69 Å². The predicted molar refractivity (Wildman–Crippen MR) is 116 cm³/mol. The summed E-state index contributed by atoms with van der Waals surface area (Å²) in [5.74, 6) is 2.32. The number of hydrogen-bond acceptors (Lipinski definition) is 5. The number of benzene rings is 2. The second-order valence-corrected chi connectivity index (χ2v) is 7.29. The molecule has 1 heterocycles. The highest BCUT2D eigenvalue weighted by Crippen LogP contribution is 2.25. The van der Waals surface area contributed by atoms with Crippen molar-refractivity contribution in [1.82, 2.24) is 20.1 Å². The van der Waals surface area contributed by atoms with E-state index < -0.39 is 0 Å². The van der Waals surface area contributed by atoms with Crippen molar-refractivity contribution in [1.29, 1.82) is 0 Å². The smallest absolute Gasteiger partial charge is 0.290 e. The van der Waals surface area contributed by atoms with Crippen molar-refractivity contribution < 1.29 is 14.3 Å². The number of ether oxygens (including phenoxy) is 2. The van der Waals surface area contributed by atoms with Crippen LogP contribution in [0, 0.1) is 6.92 Å². The van der Waals surface area contributed by atoms with Gasteiger partial charge in [0.1, 0.15) is 17.3 Å². The van der Waals surface area contributed by atoms with Gasteiger partial charge in [-0.3, -0.25) is 4.79 Å². The third kappa shape index (κ3) is 4.62. The molecule has 0 saturated carbocycles. The van der Waals surface area contributed by atoms with E-state index in [1.807, 2.05) is 43.3 Å². The quantitative estimate of drug-likeness (QED) is 0.615. The molecular formula is C23H28N4O3. The van der Waals surface area contributed by atoms with Crippen LogP contribution >= 0.6 is 0 Å². The van der Waals surface area contributed by atoms with Gasteiger partial charge in [-0.05, 0) is 42.5 Å². The van der Waals surface area contributed by atoms with E-state index in [-0.39, 0.29) is 11.7 Å². The minimum absolute atomic E-state index is 0.160. The molecule has 1 N–H and O–H groups in total. The molecule has 158 valence electrons. The second kappa shape index (κ2) is 9.43. The Balaban J connectivity index is 1.70. The molecule has 0 aliphatic heterocycles. The first-order valence-corrected chi connectivity index (χ1v) is 9.96. The zero-order valence-electron chi connectivity index (χ0n) is 18.1. The van der Waals surface area contributed by atoms with Gasteiger partial charge in [0, 0.05) is 12.6 Å². The number of rotatable bonds is 8. The molecule has 0 spiro atoms. The van der Waals surface area contributed by atoms with Gasteiger partial charge in [-0.15, -0.1) is 5.10 Å². The standard InChI is InChI=1S/C23H28N4O3/c1-15(2)19-8-6-7-9-20(19)27-16(3)25-22(26-27)23(28)24-13-12-17-10-11-18(29-4)14-21(17)30-5/h6-11,14-15H,12-13H2,1-5H3,(H,24,28). The minimum atomic E-state index is -0.300. The molecule has 3 rings (SSSR count). The van der Waals surface area contributed by atoms with Gasteiger partial charge in [0.2, 0.25) is 5.82 Å². The van der Waals surface area contributed by atoms with E-state index in [1.165, 1.54) is 0 Å². The van der Waals surface area contributed by atoms with Crippen molar-refractivity contribution in [3.63, 3.8) is 0 Å². The largest absolute Gasteiger partial charge is 0.497 e. The average molecular weight is 409 g/mol. The number of carbonyl (C=O) groups excluding carboxylic acids is 1. The Labute approximate surface area is 177 Å². The van der Waals surface area contributed by atoms with Crippen molar-refractivity contribution in [3.05, 3.63) is 65.2 Å². The third-order valence-corrected chi connectivity index (χ3v) is 4.93. The fourth-order valence-corrected chi connectivity index (χ4v) is 3.33. The van der Waals surface area contributed by atoms with E-state index in [1.54, 1.807) is 18.9 Å². The maximum Gasteiger partial charge on any atom is 0.290 e. The van der Waals surface area contributed by atoms with Gasteiger partial charge in [0.15, 0.2) is 0 Å². The Morgan fingerprint density at radius 2 is 1.90 bits per heavy atom. The Morgan fingerprint density at radius 1 is 1.13 bits per heavy atom. The van der Waals surface area contributed by atoms with Crippen LogP contribution in [-0.2, 0) is 6.42 Å². The van der Waals surface area contributed by atoms with E-state index in [9.17, 15) is 4.79 Å². The number of methoxy groups -OCH3 is 2. The van der Waals surface area contributed by atoms with Crippen LogP contribution in [0.5, 0.6) is 11.5 Å². The topological polar surface area (TPSA) is 78.3 Å². The van der Waals surface area contributed by atoms with Crippen LogP contribution < -0.4 is 14.8 Å². The molecule has 3 aromatic rings. The molecule has 7 heteroatoms. The molecule has 0 unspecified atom stereocenters. The summed E-state index contributed by atoms with van der Waals surface area (Å²) >= 11 is 0. The first kappa shape index (κ1) is 21.4. The first-order valence-electron chi connectivity index (χ1n) is 9.96. The molecule has 0 aliphatic rings. The summed E-state index contributed by atoms with van der Waals surface area (Å²) < 4.78 is 12.4. The summed E-state index contributed by atoms with van der Waals surface area (Å²) in [7, 11) is 3.23. The Hall–Kier alpha value is -3.35. The van der Waals surface area contributed by atoms with Crippen molar-refractivity contribution >= 4 is 5.91 Å². The summed E-state index contributed by atoms with van der Waals surface area (Å²) in [6.07, 6.45) is 0.620. The number of para-hydroxylation sites is 1. The van der Waals surface area contributed by atoms with Crippen LogP contribution in [-0.4, -0.2) is 41.4 Å². The van der Waals surface area contributed by atoms with Crippen LogP contribution in [0.2, 0.25) is 0 Å². The lowest BCUT2D eigenvalue weighted by molar-refractivity contribution is 0.0943. The highest BCUT2D eigenvalue weighted by Gasteiger charge is 2.17. The van der Waals surface area contributed by atoms with Crippen molar-refractivity contribution in [2.24, 2.45) is 0 Å². The molecule has 0 fully saturated rings. The van der Waals surface area contributed by atoms with Gasteiger partial charge < -0.3 is 14.8 Å². The number of nitrogens with zero attached hydrogens (tertiary/aromatic N) is 3. The maximum atomic E-state index is 12.6. The number of hydrogen-bond donors (Lipinski definition) is 1. The summed E-state index contributed by atoms with van der Waals surface area (Å²) in [6, 6.07) is 13.7. The van der Waals surface area contributed by atoms with E-state index in [0.717, 1.165) is 28.3 Å². The molecule has 1 amide bonds. The molecule has 2 aromatic carbocycles. The molecule has 30 heavy (non-hydrogen) atoms. The van der Waals surface area contributed by atoms with Crippen LogP contribution in [0.15, 0.2) is 42.5 Å². The summed E-state index contributed by atoms with van der Waals surface area (Å²) in [5.41, 5.74) is 3.09. The highest BCUT2D eigenvalue weighted by atomic mass is 16.5. The number of aryl methyl sites for hydroxylation is 1. The maximum absolute atomic E-state index is 12.6. The van der Waals surface area contributed by atoms with Gasteiger partial charge in [-0.2, -0.15) is 0 Å². The highest BCUT2D eigenvalue weighted by molar-refractivity contribution is 5.90. The SMILES string of the molecule is COc1ccc(CCNC(=O)c2nc(C)n(-c3ccccc3C(C)C)n2)c(OC)c1. The average Bonchev–Trinajstić information content (AvgIpc) is 3.15. The van der Waals surface area contributed by atoms with Gasteiger partial charge >= 0.3 is 0 Å². The summed E-state index contributed by atoms with van der Waals surface area (Å²) in [4.78, 5) is 17.0. The number of nitrogens with one attached hydrogen (secondary N) is 1. The molecule has 7 nitrogen and oxygen atoms in total. The van der Waals surface area contributed by atoms with Crippen molar-refractivity contribution in [2.45, 2.75) is 33.1 Å². The van der Waals surface area contributed by atoms with Crippen molar-refractivity contribution in [2.75, 3.05) is 20.8 Å². The van der Waals surface area contributed by atoms with Gasteiger partial charge in [0.05, 0.1) is 19.9 Å². The molecule has 1 aromatic heterocycles. The predicted octanol–water partition coefficient (Wildman–Crippen LogP) is 3.69. The number of aromatic nitrogens is 3. The van der Waals surface area contributed by atoms with E-state index in [2.05, 4.69) is 35.3 Å². The Bertz CT molecular complexity index is 1030. The first-order chi connectivity index (χ1) is 14.4. The molecule has 0 atom stereocenters. The monoisotopic (exact) mass is 408 g/mol. The lowest BCUT2D eigenvalue weighted by atomic mass is 10.0. The zero-order valence-corrected chi connectivity index (χ0v) is 18.1. The molecular weight excluding hydrogens is 380 g/mol. The van der Waals surface area contributed by atoms with Gasteiger partial charge in [0.25, 0.3) is 5.91 Å². The third-order valence-electron chi connectivity index (χ3n) is 4.93. The molecule has 0 radical (unpaired) electrons.